The second-order valence-corrected chi connectivity index (χ2v) is 8.33. The maximum absolute atomic E-state index is 6.07. The van der Waals surface area contributed by atoms with Crippen molar-refractivity contribution in [2.24, 2.45) is 0 Å². The molecule has 0 radical (unpaired) electrons. The number of halogens is 1. The van der Waals surface area contributed by atoms with E-state index in [1.165, 1.54) is 5.56 Å². The number of aromatic nitrogens is 2. The van der Waals surface area contributed by atoms with Crippen molar-refractivity contribution >= 4 is 11.6 Å². The van der Waals surface area contributed by atoms with Gasteiger partial charge in [-0.05, 0) is 36.2 Å². The lowest BCUT2D eigenvalue weighted by molar-refractivity contribution is 0.0516. The summed E-state index contributed by atoms with van der Waals surface area (Å²) < 4.78 is 23.5. The highest BCUT2D eigenvalue weighted by molar-refractivity contribution is 6.30. The maximum atomic E-state index is 6.07. The van der Waals surface area contributed by atoms with E-state index in [0.717, 1.165) is 42.6 Å². The molecule has 2 unspecified atom stereocenters. The van der Waals surface area contributed by atoms with E-state index >= 15 is 0 Å². The molecule has 2 atom stereocenters. The van der Waals surface area contributed by atoms with Crippen LogP contribution in [-0.4, -0.2) is 53.4 Å². The van der Waals surface area contributed by atoms with Crippen molar-refractivity contribution in [3.05, 3.63) is 71.5 Å². The van der Waals surface area contributed by atoms with Gasteiger partial charge in [0.1, 0.15) is 19.3 Å². The van der Waals surface area contributed by atoms with Crippen LogP contribution in [-0.2, 0) is 6.54 Å². The molecule has 3 aromatic rings. The molecular weight excluding hydrogens is 430 g/mol. The van der Waals surface area contributed by atoms with Crippen molar-refractivity contribution in [1.82, 2.24) is 14.9 Å². The normalized spacial score (nSPS) is 20.2. The average molecular weight is 454 g/mol. The number of ether oxygens (including phenoxy) is 4. The van der Waals surface area contributed by atoms with Gasteiger partial charge in [0.05, 0.1) is 12.4 Å². The van der Waals surface area contributed by atoms with Crippen molar-refractivity contribution in [3.63, 3.8) is 0 Å². The number of nitrogens with zero attached hydrogens (tertiary/aromatic N) is 3. The van der Waals surface area contributed by atoms with Crippen molar-refractivity contribution in [2.45, 2.75) is 25.2 Å². The summed E-state index contributed by atoms with van der Waals surface area (Å²) in [7, 11) is 0. The van der Waals surface area contributed by atoms with E-state index in [1.807, 2.05) is 36.4 Å². The molecule has 5 rings (SSSR count). The van der Waals surface area contributed by atoms with Gasteiger partial charge in [-0.1, -0.05) is 35.9 Å². The van der Waals surface area contributed by atoms with E-state index in [-0.39, 0.29) is 12.2 Å². The van der Waals surface area contributed by atoms with Crippen molar-refractivity contribution in [2.75, 3.05) is 26.3 Å². The van der Waals surface area contributed by atoms with Crippen LogP contribution in [0.5, 0.6) is 23.3 Å². The number of para-hydroxylation sites is 2. The first-order chi connectivity index (χ1) is 15.7. The van der Waals surface area contributed by atoms with Gasteiger partial charge in [0, 0.05) is 24.7 Å². The quantitative estimate of drug-likeness (QED) is 0.535. The van der Waals surface area contributed by atoms with Crippen LogP contribution in [0, 0.1) is 0 Å². The topological polar surface area (TPSA) is 65.9 Å². The minimum absolute atomic E-state index is 0.0680. The number of likely N-dealkylation sites (tertiary alicyclic amines) is 1. The summed E-state index contributed by atoms with van der Waals surface area (Å²) in [6.07, 6.45) is 3.98. The van der Waals surface area contributed by atoms with E-state index in [0.29, 0.717) is 25.0 Å². The maximum Gasteiger partial charge on any atom is 0.235 e. The van der Waals surface area contributed by atoms with E-state index in [4.69, 9.17) is 30.5 Å². The zero-order valence-corrected chi connectivity index (χ0v) is 18.3. The van der Waals surface area contributed by atoms with E-state index in [2.05, 4.69) is 27.0 Å². The Morgan fingerprint density at radius 1 is 1.03 bits per heavy atom. The number of rotatable bonds is 7. The van der Waals surface area contributed by atoms with Gasteiger partial charge in [0.25, 0.3) is 0 Å². The Morgan fingerprint density at radius 2 is 1.84 bits per heavy atom. The van der Waals surface area contributed by atoms with Crippen LogP contribution in [0.15, 0.2) is 60.9 Å². The fourth-order valence-electron chi connectivity index (χ4n) is 3.84. The van der Waals surface area contributed by atoms with E-state index in [1.54, 1.807) is 12.4 Å². The summed E-state index contributed by atoms with van der Waals surface area (Å²) >= 11 is 5.97. The van der Waals surface area contributed by atoms with Gasteiger partial charge in [0.15, 0.2) is 17.6 Å². The van der Waals surface area contributed by atoms with Crippen LogP contribution in [0.3, 0.4) is 0 Å². The highest BCUT2D eigenvalue weighted by Crippen LogP contribution is 2.31. The lowest BCUT2D eigenvalue weighted by Gasteiger charge is -2.26. The molecule has 2 aromatic carbocycles. The van der Waals surface area contributed by atoms with E-state index in [9.17, 15) is 0 Å². The number of fused-ring (bicyclic) bond motifs is 1. The molecule has 166 valence electrons. The molecule has 0 amide bonds. The third kappa shape index (κ3) is 5.23. The summed E-state index contributed by atoms with van der Waals surface area (Å²) in [5.74, 6) is 2.34. The first-order valence-electron chi connectivity index (χ1n) is 10.7. The Labute approximate surface area is 191 Å². The smallest absolute Gasteiger partial charge is 0.235 e. The monoisotopic (exact) mass is 453 g/mol. The van der Waals surface area contributed by atoms with Crippen LogP contribution in [0.25, 0.3) is 0 Å². The first kappa shape index (κ1) is 20.8. The number of hydrogen-bond donors (Lipinski definition) is 0. The average Bonchev–Trinajstić information content (AvgIpc) is 3.26. The predicted molar refractivity (Wildman–Crippen MR) is 120 cm³/mol. The summed E-state index contributed by atoms with van der Waals surface area (Å²) in [5.41, 5.74) is 1.24. The lowest BCUT2D eigenvalue weighted by atomic mass is 10.2. The Balaban J connectivity index is 1.11. The largest absolute Gasteiger partial charge is 0.486 e. The highest BCUT2D eigenvalue weighted by Gasteiger charge is 2.25. The molecule has 3 heterocycles. The molecular formula is C24H24ClN3O4. The predicted octanol–water partition coefficient (Wildman–Crippen LogP) is 4.00. The molecule has 32 heavy (non-hydrogen) atoms. The minimum Gasteiger partial charge on any atom is -0.486 e. The molecule has 0 spiro atoms. The fourth-order valence-corrected chi connectivity index (χ4v) is 3.96. The van der Waals surface area contributed by atoms with Gasteiger partial charge in [0.2, 0.25) is 11.8 Å². The first-order valence-corrected chi connectivity index (χ1v) is 11.1. The molecule has 2 aliphatic rings. The molecule has 0 N–H and O–H groups in total. The van der Waals surface area contributed by atoms with Gasteiger partial charge >= 0.3 is 0 Å². The Morgan fingerprint density at radius 3 is 2.72 bits per heavy atom. The molecule has 0 aliphatic carbocycles. The van der Waals surface area contributed by atoms with Gasteiger partial charge in [-0.2, -0.15) is 4.98 Å². The van der Waals surface area contributed by atoms with Crippen LogP contribution in [0.1, 0.15) is 12.0 Å². The summed E-state index contributed by atoms with van der Waals surface area (Å²) in [4.78, 5) is 11.0. The summed E-state index contributed by atoms with van der Waals surface area (Å²) in [6.45, 7) is 3.41. The zero-order chi connectivity index (χ0) is 21.8. The van der Waals surface area contributed by atoms with E-state index < -0.39 is 0 Å². The zero-order valence-electron chi connectivity index (χ0n) is 17.5. The van der Waals surface area contributed by atoms with Crippen LogP contribution < -0.4 is 18.9 Å². The summed E-state index contributed by atoms with van der Waals surface area (Å²) in [5, 5.41) is 0.754. The van der Waals surface area contributed by atoms with Crippen LogP contribution in [0.2, 0.25) is 5.02 Å². The molecule has 1 fully saturated rings. The molecule has 1 aromatic heterocycles. The molecule has 7 nitrogen and oxygen atoms in total. The Hall–Kier alpha value is -3.03. The molecule has 0 saturated carbocycles. The number of hydrogen-bond acceptors (Lipinski definition) is 7. The Bertz CT molecular complexity index is 1050. The molecule has 2 aliphatic heterocycles. The molecule has 0 bridgehead atoms. The molecule has 1 saturated heterocycles. The summed E-state index contributed by atoms with van der Waals surface area (Å²) in [6, 6.07) is 15.6. The standard InChI is InChI=1S/C24H24ClN3O4/c25-18-7-5-17(6-8-18)13-28-10-9-19(14-28)32-24-12-26-11-23(27-24)30-16-20-15-29-21-3-1-2-4-22(21)31-20/h1-8,11-12,19-20H,9-10,13-16H2. The Kier molecular flexibility index (Phi) is 6.27. The van der Waals surface area contributed by atoms with Gasteiger partial charge in [-0.15, -0.1) is 0 Å². The third-order valence-corrected chi connectivity index (χ3v) is 5.66. The second kappa shape index (κ2) is 9.63. The van der Waals surface area contributed by atoms with Crippen molar-refractivity contribution < 1.29 is 18.9 Å². The minimum atomic E-state index is -0.215. The van der Waals surface area contributed by atoms with Crippen molar-refractivity contribution in [3.8, 4) is 23.3 Å². The lowest BCUT2D eigenvalue weighted by Crippen LogP contribution is -2.34. The third-order valence-electron chi connectivity index (χ3n) is 5.41. The van der Waals surface area contributed by atoms with Crippen molar-refractivity contribution in [1.29, 1.82) is 0 Å². The van der Waals surface area contributed by atoms with Gasteiger partial charge < -0.3 is 18.9 Å². The number of benzene rings is 2. The second-order valence-electron chi connectivity index (χ2n) is 7.89. The van der Waals surface area contributed by atoms with Crippen LogP contribution >= 0.6 is 11.6 Å². The van der Waals surface area contributed by atoms with Gasteiger partial charge in [-0.25, -0.2) is 0 Å². The van der Waals surface area contributed by atoms with Gasteiger partial charge in [-0.3, -0.25) is 9.88 Å². The fraction of sp³-hybridized carbons (Fsp3) is 0.333. The highest BCUT2D eigenvalue weighted by atomic mass is 35.5. The molecule has 8 heteroatoms. The van der Waals surface area contributed by atoms with Crippen LogP contribution in [0.4, 0.5) is 0 Å². The SMILES string of the molecule is Clc1ccc(CN2CCC(Oc3cncc(OCC4COc5ccccc5O4)n3)C2)cc1.